The normalized spacial score (nSPS) is 17.9. The number of morpholine rings is 1. The van der Waals surface area contributed by atoms with Gasteiger partial charge in [0.1, 0.15) is 5.75 Å². The number of nitrogens with one attached hydrogen (secondary N) is 1. The molecule has 0 aliphatic carbocycles. The number of hydrogen-bond acceptors (Lipinski definition) is 7. The lowest BCUT2D eigenvalue weighted by Crippen LogP contribution is -2.50. The summed E-state index contributed by atoms with van der Waals surface area (Å²) < 4.78 is 16.0. The molecular formula is C21H32ClN3O5. The number of hydrogen-bond donors (Lipinski definition) is 2. The Morgan fingerprint density at radius 3 is 2.90 bits per heavy atom. The molecule has 0 bridgehead atoms. The number of esters is 1. The first kappa shape index (κ1) is 24.2. The first-order valence-corrected chi connectivity index (χ1v) is 10.7. The van der Waals surface area contributed by atoms with Gasteiger partial charge in [-0.05, 0) is 32.8 Å². The maximum atomic E-state index is 12.6. The summed E-state index contributed by atoms with van der Waals surface area (Å²) in [4.78, 5) is 26.4. The second-order valence-corrected chi connectivity index (χ2v) is 7.73. The van der Waals surface area contributed by atoms with Crippen LogP contribution in [0.2, 0.25) is 5.02 Å². The monoisotopic (exact) mass is 441 g/mol. The van der Waals surface area contributed by atoms with Gasteiger partial charge in [-0.2, -0.15) is 0 Å². The Labute approximate surface area is 183 Å². The average Bonchev–Trinajstić information content (AvgIpc) is 2.73. The third kappa shape index (κ3) is 7.04. The summed E-state index contributed by atoms with van der Waals surface area (Å²) in [7, 11) is 1.48. The Kier molecular flexibility index (Phi) is 9.68. The van der Waals surface area contributed by atoms with Crippen LogP contribution in [0.25, 0.3) is 0 Å². The molecule has 3 N–H and O–H groups in total. The molecule has 0 saturated carbocycles. The third-order valence-electron chi connectivity index (χ3n) is 5.16. The van der Waals surface area contributed by atoms with Gasteiger partial charge in [0, 0.05) is 38.2 Å². The van der Waals surface area contributed by atoms with Crippen molar-refractivity contribution in [2.24, 2.45) is 0 Å². The predicted molar refractivity (Wildman–Crippen MR) is 116 cm³/mol. The van der Waals surface area contributed by atoms with Crippen molar-refractivity contribution < 1.29 is 23.8 Å². The van der Waals surface area contributed by atoms with Gasteiger partial charge in [0.15, 0.2) is 0 Å². The van der Waals surface area contributed by atoms with Crippen LogP contribution >= 0.6 is 11.6 Å². The molecule has 1 saturated heterocycles. The number of ether oxygens (including phenoxy) is 3. The fourth-order valence-corrected chi connectivity index (χ4v) is 3.60. The predicted octanol–water partition coefficient (Wildman–Crippen LogP) is 2.48. The number of halogens is 1. The van der Waals surface area contributed by atoms with E-state index in [0.717, 1.165) is 19.4 Å². The van der Waals surface area contributed by atoms with Crippen LogP contribution in [0.1, 0.15) is 43.5 Å². The highest BCUT2D eigenvalue weighted by Gasteiger charge is 2.25. The van der Waals surface area contributed by atoms with E-state index in [1.165, 1.54) is 19.2 Å². The number of carbonyl (C=O) groups excluding carboxylic acids is 2. The molecule has 30 heavy (non-hydrogen) atoms. The molecule has 1 aliphatic rings. The van der Waals surface area contributed by atoms with Crippen LogP contribution in [-0.4, -0.2) is 68.9 Å². The zero-order valence-corrected chi connectivity index (χ0v) is 18.7. The quantitative estimate of drug-likeness (QED) is 0.424. The van der Waals surface area contributed by atoms with E-state index in [9.17, 15) is 9.59 Å². The van der Waals surface area contributed by atoms with E-state index < -0.39 is 0 Å². The number of nitrogens with two attached hydrogens (primary N) is 1. The Morgan fingerprint density at radius 2 is 2.20 bits per heavy atom. The number of rotatable bonds is 10. The molecule has 1 unspecified atom stereocenters. The van der Waals surface area contributed by atoms with Crippen LogP contribution in [0.4, 0.5) is 5.69 Å². The summed E-state index contributed by atoms with van der Waals surface area (Å²) in [6.07, 6.45) is 2.01. The van der Waals surface area contributed by atoms with Gasteiger partial charge in [-0.25, -0.2) is 0 Å². The van der Waals surface area contributed by atoms with Crippen molar-refractivity contribution in [3.63, 3.8) is 0 Å². The fraction of sp³-hybridized carbons (Fsp3) is 0.619. The van der Waals surface area contributed by atoms with Crippen molar-refractivity contribution in [2.45, 2.75) is 45.3 Å². The van der Waals surface area contributed by atoms with Crippen LogP contribution in [0, 0.1) is 0 Å². The highest BCUT2D eigenvalue weighted by atomic mass is 35.5. The largest absolute Gasteiger partial charge is 0.496 e. The van der Waals surface area contributed by atoms with E-state index in [2.05, 4.69) is 17.1 Å². The first-order valence-electron chi connectivity index (χ1n) is 10.3. The molecule has 1 heterocycles. The van der Waals surface area contributed by atoms with Crippen molar-refractivity contribution in [3.8, 4) is 5.75 Å². The van der Waals surface area contributed by atoms with E-state index in [1.807, 2.05) is 6.92 Å². The van der Waals surface area contributed by atoms with E-state index >= 15 is 0 Å². The number of nitrogen functional groups attached to an aromatic ring is 1. The van der Waals surface area contributed by atoms with E-state index in [4.69, 9.17) is 31.5 Å². The minimum absolute atomic E-state index is 0.120. The molecule has 2 rings (SSSR count). The maximum Gasteiger partial charge on any atom is 0.305 e. The lowest BCUT2D eigenvalue weighted by molar-refractivity contribution is -0.143. The smallest absolute Gasteiger partial charge is 0.305 e. The number of benzene rings is 1. The lowest BCUT2D eigenvalue weighted by Gasteiger charge is -2.37. The lowest BCUT2D eigenvalue weighted by atomic mass is 10.1. The Bertz CT molecular complexity index is 731. The Balaban J connectivity index is 1.83. The summed E-state index contributed by atoms with van der Waals surface area (Å²) in [6.45, 7) is 6.88. The summed E-state index contributed by atoms with van der Waals surface area (Å²) in [5.41, 5.74) is 6.46. The van der Waals surface area contributed by atoms with Crippen molar-refractivity contribution in [2.75, 3.05) is 45.7 Å². The summed E-state index contributed by atoms with van der Waals surface area (Å²) in [5, 5.41) is 3.19. The van der Waals surface area contributed by atoms with Gasteiger partial charge < -0.3 is 25.3 Å². The van der Waals surface area contributed by atoms with Crippen molar-refractivity contribution in [1.29, 1.82) is 0 Å². The van der Waals surface area contributed by atoms with Gasteiger partial charge in [0.2, 0.25) is 0 Å². The second-order valence-electron chi connectivity index (χ2n) is 7.32. The van der Waals surface area contributed by atoms with E-state index in [0.29, 0.717) is 60.8 Å². The highest BCUT2D eigenvalue weighted by Crippen LogP contribution is 2.28. The SMILES string of the molecule is CCOC(=O)CCC[C@@H](C)N1CCOC(CNC(=O)c2cc(Cl)c(N)cc2OC)C1. The van der Waals surface area contributed by atoms with Crippen molar-refractivity contribution >= 4 is 29.2 Å². The minimum Gasteiger partial charge on any atom is -0.496 e. The molecule has 0 aromatic heterocycles. The number of amides is 1. The van der Waals surface area contributed by atoms with E-state index in [-0.39, 0.29) is 18.0 Å². The molecule has 1 fully saturated rings. The summed E-state index contributed by atoms with van der Waals surface area (Å²) in [5.74, 6) is -0.0711. The van der Waals surface area contributed by atoms with Gasteiger partial charge >= 0.3 is 5.97 Å². The Hall–Kier alpha value is -2.03. The molecule has 1 amide bonds. The molecule has 0 spiro atoms. The van der Waals surface area contributed by atoms with Crippen LogP contribution in [0.5, 0.6) is 5.75 Å². The van der Waals surface area contributed by atoms with Crippen molar-refractivity contribution in [1.82, 2.24) is 10.2 Å². The number of nitrogens with zero attached hydrogens (tertiary/aromatic N) is 1. The van der Waals surface area contributed by atoms with Crippen LogP contribution in [0.3, 0.4) is 0 Å². The molecule has 8 nitrogen and oxygen atoms in total. The van der Waals surface area contributed by atoms with Gasteiger partial charge in [-0.15, -0.1) is 0 Å². The summed E-state index contributed by atoms with van der Waals surface area (Å²) >= 11 is 6.05. The average molecular weight is 442 g/mol. The molecule has 168 valence electrons. The topological polar surface area (TPSA) is 103 Å². The second kappa shape index (κ2) is 12.0. The molecule has 1 aliphatic heterocycles. The zero-order valence-electron chi connectivity index (χ0n) is 17.9. The molecule has 9 heteroatoms. The van der Waals surface area contributed by atoms with Gasteiger partial charge in [-0.3, -0.25) is 14.5 Å². The fourth-order valence-electron chi connectivity index (χ4n) is 3.44. The molecule has 0 radical (unpaired) electrons. The van der Waals surface area contributed by atoms with Gasteiger partial charge in [-0.1, -0.05) is 11.6 Å². The number of anilines is 1. The van der Waals surface area contributed by atoms with Crippen LogP contribution in [0.15, 0.2) is 12.1 Å². The third-order valence-corrected chi connectivity index (χ3v) is 5.48. The van der Waals surface area contributed by atoms with Gasteiger partial charge in [0.05, 0.1) is 42.7 Å². The van der Waals surface area contributed by atoms with Gasteiger partial charge in [0.25, 0.3) is 5.91 Å². The molecule has 2 atom stereocenters. The van der Waals surface area contributed by atoms with Crippen LogP contribution in [-0.2, 0) is 14.3 Å². The summed E-state index contributed by atoms with van der Waals surface area (Å²) in [6, 6.07) is 3.36. The first-order chi connectivity index (χ1) is 14.3. The molecule has 1 aromatic rings. The Morgan fingerprint density at radius 1 is 1.43 bits per heavy atom. The molecule has 1 aromatic carbocycles. The zero-order chi connectivity index (χ0) is 22.1. The number of methoxy groups -OCH3 is 1. The van der Waals surface area contributed by atoms with E-state index in [1.54, 1.807) is 0 Å². The highest BCUT2D eigenvalue weighted by molar-refractivity contribution is 6.33. The number of carbonyl (C=O) groups is 2. The maximum absolute atomic E-state index is 12.6. The standard InChI is InChI=1S/C21H32ClN3O5/c1-4-29-20(26)7-5-6-14(2)25-8-9-30-15(13-25)12-24-21(27)16-10-17(22)18(23)11-19(16)28-3/h10-11,14-15H,4-9,12-13,23H2,1-3H3,(H,24,27)/t14-,15?/m1/s1. The van der Waals surface area contributed by atoms with Crippen molar-refractivity contribution in [3.05, 3.63) is 22.7 Å². The minimum atomic E-state index is -0.294. The van der Waals surface area contributed by atoms with Crippen LogP contribution < -0.4 is 15.8 Å². The molecular weight excluding hydrogens is 410 g/mol.